The van der Waals surface area contributed by atoms with E-state index in [-0.39, 0.29) is 0 Å². The number of aryl methyl sites for hydroxylation is 1. The lowest BCUT2D eigenvalue weighted by atomic mass is 9.97. The van der Waals surface area contributed by atoms with E-state index < -0.39 is 0 Å². The average molecular weight is 173 g/mol. The van der Waals surface area contributed by atoms with Crippen molar-refractivity contribution in [1.82, 2.24) is 0 Å². The summed E-state index contributed by atoms with van der Waals surface area (Å²) in [7, 11) is 0. The molecule has 0 aliphatic rings. The van der Waals surface area contributed by atoms with Gasteiger partial charge in [0, 0.05) is 0 Å². The van der Waals surface area contributed by atoms with Crippen molar-refractivity contribution in [3.8, 4) is 0 Å². The second-order valence-electron chi connectivity index (χ2n) is 3.65. The first-order chi connectivity index (χ1) is 6.17. The standard InChI is InChI=1S/C13H17/c1-5-11-7-12(6-2)9-13(8-11)10(3)4/h7-10H,1,6H2,2-4H3. The third-order valence-corrected chi connectivity index (χ3v) is 2.29. The van der Waals surface area contributed by atoms with Crippen molar-refractivity contribution in [2.45, 2.75) is 33.1 Å². The molecule has 1 rings (SSSR count). The van der Waals surface area contributed by atoms with E-state index in [1.807, 2.05) is 0 Å². The first-order valence-corrected chi connectivity index (χ1v) is 4.84. The van der Waals surface area contributed by atoms with Gasteiger partial charge in [-0.05, 0) is 35.1 Å². The largest absolute Gasteiger partial charge is 0.0906 e. The highest BCUT2D eigenvalue weighted by molar-refractivity contribution is 5.34. The molecule has 0 aliphatic heterocycles. The third-order valence-electron chi connectivity index (χ3n) is 2.29. The van der Waals surface area contributed by atoms with E-state index in [1.165, 1.54) is 11.1 Å². The smallest absolute Gasteiger partial charge is 0.0178 e. The molecule has 0 aliphatic carbocycles. The fraction of sp³-hybridized carbons (Fsp3) is 0.385. The lowest BCUT2D eigenvalue weighted by Crippen LogP contribution is -1.92. The van der Waals surface area contributed by atoms with E-state index in [2.05, 4.69) is 51.6 Å². The second-order valence-corrected chi connectivity index (χ2v) is 3.65. The number of hydrogen-bond donors (Lipinski definition) is 0. The van der Waals surface area contributed by atoms with Crippen LogP contribution in [0.5, 0.6) is 0 Å². The van der Waals surface area contributed by atoms with Crippen LogP contribution in [0, 0.1) is 6.08 Å². The minimum Gasteiger partial charge on any atom is -0.0906 e. The molecule has 0 saturated heterocycles. The van der Waals surface area contributed by atoms with Gasteiger partial charge in [-0.3, -0.25) is 0 Å². The maximum atomic E-state index is 3.68. The molecule has 0 amide bonds. The highest BCUT2D eigenvalue weighted by Gasteiger charge is 2.01. The Morgan fingerprint density at radius 2 is 2.00 bits per heavy atom. The number of hydrogen-bond acceptors (Lipinski definition) is 0. The summed E-state index contributed by atoms with van der Waals surface area (Å²) in [6.45, 7) is 10.3. The van der Waals surface area contributed by atoms with Gasteiger partial charge in [-0.15, -0.1) is 0 Å². The van der Waals surface area contributed by atoms with Crippen molar-refractivity contribution in [2.75, 3.05) is 0 Å². The summed E-state index contributed by atoms with van der Waals surface area (Å²) in [6.07, 6.45) is 4.03. The molecule has 0 fully saturated rings. The van der Waals surface area contributed by atoms with Crippen molar-refractivity contribution in [2.24, 2.45) is 0 Å². The van der Waals surface area contributed by atoms with E-state index in [0.29, 0.717) is 5.92 Å². The van der Waals surface area contributed by atoms with Crippen LogP contribution in [0.2, 0.25) is 0 Å². The fourth-order valence-corrected chi connectivity index (χ4v) is 1.36. The Labute approximate surface area is 81.3 Å². The molecule has 0 aromatic heterocycles. The molecule has 69 valence electrons. The zero-order chi connectivity index (χ0) is 9.84. The van der Waals surface area contributed by atoms with Crippen LogP contribution in [-0.4, -0.2) is 0 Å². The van der Waals surface area contributed by atoms with Crippen LogP contribution in [0.4, 0.5) is 0 Å². The summed E-state index contributed by atoms with van der Waals surface area (Å²) < 4.78 is 0. The van der Waals surface area contributed by atoms with Gasteiger partial charge in [0.15, 0.2) is 0 Å². The molecule has 0 nitrogen and oxygen atoms in total. The maximum absolute atomic E-state index is 3.68. The molecule has 1 radical (unpaired) electrons. The van der Waals surface area contributed by atoms with Crippen LogP contribution < -0.4 is 0 Å². The third kappa shape index (κ3) is 2.45. The minimum absolute atomic E-state index is 0.582. The topological polar surface area (TPSA) is 0 Å². The number of rotatable bonds is 3. The van der Waals surface area contributed by atoms with Crippen LogP contribution in [0.15, 0.2) is 24.8 Å². The van der Waals surface area contributed by atoms with Gasteiger partial charge >= 0.3 is 0 Å². The fourth-order valence-electron chi connectivity index (χ4n) is 1.36. The molecule has 0 heteroatoms. The van der Waals surface area contributed by atoms with E-state index in [1.54, 1.807) is 0 Å². The van der Waals surface area contributed by atoms with Crippen molar-refractivity contribution in [3.05, 3.63) is 47.5 Å². The van der Waals surface area contributed by atoms with E-state index in [9.17, 15) is 0 Å². The van der Waals surface area contributed by atoms with Gasteiger partial charge in [-0.25, -0.2) is 0 Å². The number of benzene rings is 1. The summed E-state index contributed by atoms with van der Waals surface area (Å²) >= 11 is 0. The summed E-state index contributed by atoms with van der Waals surface area (Å²) in [5, 5.41) is 0. The van der Waals surface area contributed by atoms with Crippen LogP contribution in [0.1, 0.15) is 43.4 Å². The molecule has 0 saturated carbocycles. The monoisotopic (exact) mass is 173 g/mol. The highest BCUT2D eigenvalue weighted by atomic mass is 14.1. The van der Waals surface area contributed by atoms with E-state index in [0.717, 1.165) is 12.0 Å². The first kappa shape index (κ1) is 10.0. The molecule has 13 heavy (non-hydrogen) atoms. The molecule has 0 spiro atoms. The minimum atomic E-state index is 0.582. The summed E-state index contributed by atoms with van der Waals surface area (Å²) in [4.78, 5) is 0. The average Bonchev–Trinajstić information content (AvgIpc) is 2.16. The van der Waals surface area contributed by atoms with Gasteiger partial charge < -0.3 is 0 Å². The highest BCUT2D eigenvalue weighted by Crippen LogP contribution is 2.18. The van der Waals surface area contributed by atoms with Gasteiger partial charge in [0.05, 0.1) is 0 Å². The predicted octanol–water partition coefficient (Wildman–Crippen LogP) is 3.71. The predicted molar refractivity (Wildman–Crippen MR) is 57.9 cm³/mol. The lowest BCUT2D eigenvalue weighted by Gasteiger charge is -2.08. The van der Waals surface area contributed by atoms with Crippen LogP contribution in [0.25, 0.3) is 0 Å². The molecule has 0 N–H and O–H groups in total. The molecule has 0 bridgehead atoms. The zero-order valence-electron chi connectivity index (χ0n) is 8.72. The Kier molecular flexibility index (Phi) is 3.30. The first-order valence-electron chi connectivity index (χ1n) is 4.84. The molecule has 1 aromatic rings. The SMILES string of the molecule is C=[C]c1cc(CC)cc(C(C)C)c1. The molecular formula is C13H17. The Balaban J connectivity index is 3.14. The van der Waals surface area contributed by atoms with Crippen molar-refractivity contribution in [3.63, 3.8) is 0 Å². The van der Waals surface area contributed by atoms with Gasteiger partial charge in [0.2, 0.25) is 0 Å². The molecule has 0 atom stereocenters. The van der Waals surface area contributed by atoms with E-state index >= 15 is 0 Å². The summed E-state index contributed by atoms with van der Waals surface area (Å²) in [6, 6.07) is 6.58. The Morgan fingerprint density at radius 3 is 2.46 bits per heavy atom. The molecular weight excluding hydrogens is 156 g/mol. The maximum Gasteiger partial charge on any atom is -0.0178 e. The second kappa shape index (κ2) is 4.27. The Bertz CT molecular complexity index is 295. The summed E-state index contributed by atoms with van der Waals surface area (Å²) in [5.74, 6) is 0.582. The van der Waals surface area contributed by atoms with Gasteiger partial charge in [-0.2, -0.15) is 0 Å². The van der Waals surface area contributed by atoms with Crippen molar-refractivity contribution in [1.29, 1.82) is 0 Å². The normalized spacial score (nSPS) is 10.5. The summed E-state index contributed by atoms with van der Waals surface area (Å²) in [5.41, 5.74) is 3.87. The van der Waals surface area contributed by atoms with Crippen LogP contribution >= 0.6 is 0 Å². The van der Waals surface area contributed by atoms with E-state index in [4.69, 9.17) is 0 Å². The van der Waals surface area contributed by atoms with Gasteiger partial charge in [-0.1, -0.05) is 45.5 Å². The van der Waals surface area contributed by atoms with Crippen molar-refractivity contribution >= 4 is 0 Å². The van der Waals surface area contributed by atoms with Crippen LogP contribution in [-0.2, 0) is 6.42 Å². The van der Waals surface area contributed by atoms with Gasteiger partial charge in [0.25, 0.3) is 0 Å². The quantitative estimate of drug-likeness (QED) is 0.653. The zero-order valence-corrected chi connectivity index (χ0v) is 8.72. The van der Waals surface area contributed by atoms with Gasteiger partial charge in [0.1, 0.15) is 0 Å². The Hall–Kier alpha value is -1.04. The lowest BCUT2D eigenvalue weighted by molar-refractivity contribution is 0.861. The molecule has 1 aromatic carbocycles. The molecule has 0 heterocycles. The van der Waals surface area contributed by atoms with Crippen LogP contribution in [0.3, 0.4) is 0 Å². The molecule has 0 unspecified atom stereocenters. The Morgan fingerprint density at radius 1 is 1.31 bits per heavy atom. The van der Waals surface area contributed by atoms with Crippen molar-refractivity contribution < 1.29 is 0 Å².